The largest absolute Gasteiger partial charge is 0.342 e. The molecule has 0 aliphatic carbocycles. The van der Waals surface area contributed by atoms with Gasteiger partial charge in [-0.1, -0.05) is 12.1 Å². The van der Waals surface area contributed by atoms with Gasteiger partial charge in [0.2, 0.25) is 11.8 Å². The van der Waals surface area contributed by atoms with Gasteiger partial charge in [-0.25, -0.2) is 8.42 Å². The molecule has 1 fully saturated rings. The van der Waals surface area contributed by atoms with E-state index in [0.29, 0.717) is 24.8 Å². The van der Waals surface area contributed by atoms with Crippen molar-refractivity contribution in [3.63, 3.8) is 0 Å². The molecule has 1 unspecified atom stereocenters. The topological polar surface area (TPSA) is 93.4 Å². The second-order valence-corrected chi connectivity index (χ2v) is 7.42. The van der Waals surface area contributed by atoms with Crippen LogP contribution in [0.25, 0.3) is 0 Å². The maximum absolute atomic E-state index is 12.0. The molecule has 20 heavy (non-hydrogen) atoms. The van der Waals surface area contributed by atoms with E-state index in [1.54, 1.807) is 11.8 Å². The van der Waals surface area contributed by atoms with Crippen molar-refractivity contribution < 1.29 is 17.7 Å². The highest BCUT2D eigenvalue weighted by molar-refractivity contribution is 7.91. The van der Waals surface area contributed by atoms with Crippen molar-refractivity contribution in [3.05, 3.63) is 11.7 Å². The zero-order chi connectivity index (χ0) is 14.8. The third-order valence-corrected chi connectivity index (χ3v) is 4.64. The molecule has 0 spiro atoms. The summed E-state index contributed by atoms with van der Waals surface area (Å²) in [7, 11) is -3.57. The van der Waals surface area contributed by atoms with Crippen LogP contribution in [0.5, 0.6) is 0 Å². The number of carbonyl (C=O) groups is 1. The molecule has 1 aromatic rings. The molecular formula is C12H19N3O4S. The summed E-state index contributed by atoms with van der Waals surface area (Å²) in [5, 5.41) is 3.53. The predicted octanol–water partition coefficient (Wildman–Crippen LogP) is 0.551. The Morgan fingerprint density at radius 3 is 2.85 bits per heavy atom. The SMILES string of the molecule is Cc1noc(CS(=O)(=O)CC(=O)N2CCCC(C)C2)n1. The number of carbonyl (C=O) groups excluding carboxylic acids is 1. The Labute approximate surface area is 118 Å². The Balaban J connectivity index is 1.95. The Morgan fingerprint density at radius 1 is 1.50 bits per heavy atom. The first-order chi connectivity index (χ1) is 9.35. The minimum Gasteiger partial charge on any atom is -0.342 e. The van der Waals surface area contributed by atoms with E-state index in [1.807, 2.05) is 0 Å². The van der Waals surface area contributed by atoms with E-state index in [1.165, 1.54) is 0 Å². The van der Waals surface area contributed by atoms with Crippen LogP contribution in [0.2, 0.25) is 0 Å². The number of hydrogen-bond donors (Lipinski definition) is 0. The van der Waals surface area contributed by atoms with Gasteiger partial charge in [0.25, 0.3) is 0 Å². The summed E-state index contributed by atoms with van der Waals surface area (Å²) in [6.07, 6.45) is 2.01. The highest BCUT2D eigenvalue weighted by Gasteiger charge is 2.26. The van der Waals surface area contributed by atoms with E-state index < -0.39 is 15.6 Å². The van der Waals surface area contributed by atoms with E-state index in [-0.39, 0.29) is 17.6 Å². The molecule has 0 aromatic carbocycles. The summed E-state index contributed by atoms with van der Waals surface area (Å²) in [6.45, 7) is 4.95. The minimum atomic E-state index is -3.57. The highest BCUT2D eigenvalue weighted by Crippen LogP contribution is 2.16. The molecule has 0 N–H and O–H groups in total. The van der Waals surface area contributed by atoms with Crippen LogP contribution in [0.15, 0.2) is 4.52 Å². The van der Waals surface area contributed by atoms with Gasteiger partial charge in [0.05, 0.1) is 0 Å². The van der Waals surface area contributed by atoms with Crippen LogP contribution in [0.4, 0.5) is 0 Å². The summed E-state index contributed by atoms with van der Waals surface area (Å²) in [4.78, 5) is 17.5. The van der Waals surface area contributed by atoms with E-state index >= 15 is 0 Å². The lowest BCUT2D eigenvalue weighted by Gasteiger charge is -2.30. The van der Waals surface area contributed by atoms with Crippen molar-refractivity contribution in [2.24, 2.45) is 5.92 Å². The number of hydrogen-bond acceptors (Lipinski definition) is 6. The molecule has 1 aliphatic heterocycles. The van der Waals surface area contributed by atoms with Gasteiger partial charge < -0.3 is 9.42 Å². The molecule has 2 rings (SSSR count). The van der Waals surface area contributed by atoms with Crippen molar-refractivity contribution in [1.82, 2.24) is 15.0 Å². The number of amides is 1. The van der Waals surface area contributed by atoms with Gasteiger partial charge in [0.15, 0.2) is 15.7 Å². The van der Waals surface area contributed by atoms with Crippen LogP contribution in [0.3, 0.4) is 0 Å². The van der Waals surface area contributed by atoms with Crippen molar-refractivity contribution in [2.45, 2.75) is 32.4 Å². The van der Waals surface area contributed by atoms with Crippen LogP contribution >= 0.6 is 0 Å². The maximum atomic E-state index is 12.0. The minimum absolute atomic E-state index is 0.0299. The van der Waals surface area contributed by atoms with Crippen LogP contribution < -0.4 is 0 Å². The number of piperidine rings is 1. The molecule has 112 valence electrons. The number of sulfone groups is 1. The maximum Gasteiger partial charge on any atom is 0.241 e. The summed E-state index contributed by atoms with van der Waals surface area (Å²) in [5.41, 5.74) is 0. The molecule has 1 amide bonds. The molecule has 0 saturated carbocycles. The Hall–Kier alpha value is -1.44. The second kappa shape index (κ2) is 5.90. The van der Waals surface area contributed by atoms with Crippen LogP contribution in [0, 0.1) is 12.8 Å². The number of nitrogens with zero attached hydrogens (tertiary/aromatic N) is 3. The van der Waals surface area contributed by atoms with Crippen molar-refractivity contribution in [2.75, 3.05) is 18.8 Å². The fraction of sp³-hybridized carbons (Fsp3) is 0.750. The number of likely N-dealkylation sites (tertiary alicyclic amines) is 1. The molecule has 1 aromatic heterocycles. The lowest BCUT2D eigenvalue weighted by atomic mass is 10.0. The molecule has 0 bridgehead atoms. The van der Waals surface area contributed by atoms with Crippen molar-refractivity contribution >= 4 is 15.7 Å². The molecule has 7 nitrogen and oxygen atoms in total. The average Bonchev–Trinajstić information content (AvgIpc) is 2.73. The van der Waals surface area contributed by atoms with Gasteiger partial charge in [-0.2, -0.15) is 4.98 Å². The standard InChI is InChI=1S/C12H19N3O4S/c1-9-4-3-5-15(6-9)12(16)8-20(17,18)7-11-13-10(2)14-19-11/h9H,3-8H2,1-2H3. The Morgan fingerprint density at radius 2 is 2.25 bits per heavy atom. The zero-order valence-electron chi connectivity index (χ0n) is 11.7. The van der Waals surface area contributed by atoms with Gasteiger partial charge in [0, 0.05) is 13.1 Å². The summed E-state index contributed by atoms with van der Waals surface area (Å²) in [6, 6.07) is 0. The fourth-order valence-electron chi connectivity index (χ4n) is 2.33. The van der Waals surface area contributed by atoms with Gasteiger partial charge in [-0.05, 0) is 25.7 Å². The molecule has 1 saturated heterocycles. The second-order valence-electron chi connectivity index (χ2n) is 5.35. The van der Waals surface area contributed by atoms with E-state index in [9.17, 15) is 13.2 Å². The third-order valence-electron chi connectivity index (χ3n) is 3.27. The summed E-state index contributed by atoms with van der Waals surface area (Å²) < 4.78 is 28.7. The molecular weight excluding hydrogens is 282 g/mol. The summed E-state index contributed by atoms with van der Waals surface area (Å²) >= 11 is 0. The van der Waals surface area contributed by atoms with E-state index in [0.717, 1.165) is 12.8 Å². The summed E-state index contributed by atoms with van der Waals surface area (Å²) in [5.74, 6) is -0.389. The number of aryl methyl sites for hydroxylation is 1. The van der Waals surface area contributed by atoms with Gasteiger partial charge in [0.1, 0.15) is 11.5 Å². The average molecular weight is 301 g/mol. The van der Waals surface area contributed by atoms with Crippen LogP contribution in [-0.4, -0.2) is 48.2 Å². The zero-order valence-corrected chi connectivity index (χ0v) is 12.5. The van der Waals surface area contributed by atoms with Crippen LogP contribution in [0.1, 0.15) is 31.5 Å². The van der Waals surface area contributed by atoms with Crippen LogP contribution in [-0.2, 0) is 20.4 Å². The lowest BCUT2D eigenvalue weighted by molar-refractivity contribution is -0.130. The molecule has 0 radical (unpaired) electrons. The van der Waals surface area contributed by atoms with Gasteiger partial charge in [-0.3, -0.25) is 4.79 Å². The first kappa shape index (κ1) is 15.0. The number of aromatic nitrogens is 2. The normalized spacial score (nSPS) is 20.1. The third kappa shape index (κ3) is 4.03. The molecule has 1 aliphatic rings. The van der Waals surface area contributed by atoms with E-state index in [2.05, 4.69) is 17.1 Å². The molecule has 1 atom stereocenters. The predicted molar refractivity (Wildman–Crippen MR) is 71.5 cm³/mol. The smallest absolute Gasteiger partial charge is 0.241 e. The van der Waals surface area contributed by atoms with Gasteiger partial charge >= 0.3 is 0 Å². The van der Waals surface area contributed by atoms with Gasteiger partial charge in [-0.15, -0.1) is 0 Å². The Bertz CT molecular complexity index is 581. The highest BCUT2D eigenvalue weighted by atomic mass is 32.2. The van der Waals surface area contributed by atoms with E-state index in [4.69, 9.17) is 4.52 Å². The van der Waals surface area contributed by atoms with Crippen molar-refractivity contribution in [3.8, 4) is 0 Å². The molecule has 2 heterocycles. The quantitative estimate of drug-likeness (QED) is 0.806. The van der Waals surface area contributed by atoms with Crippen molar-refractivity contribution in [1.29, 1.82) is 0 Å². The lowest BCUT2D eigenvalue weighted by Crippen LogP contribution is -2.42. The first-order valence-electron chi connectivity index (χ1n) is 6.63. The molecule has 8 heteroatoms. The monoisotopic (exact) mass is 301 g/mol. The number of rotatable bonds is 4. The Kier molecular flexibility index (Phi) is 4.42. The first-order valence-corrected chi connectivity index (χ1v) is 8.45. The fourth-order valence-corrected chi connectivity index (χ4v) is 3.49.